The number of carbonyl (C=O) groups excluding carboxylic acids is 1. The number of hydrogen-bond acceptors (Lipinski definition) is 5. The van der Waals surface area contributed by atoms with E-state index in [2.05, 4.69) is 15.6 Å². The van der Waals surface area contributed by atoms with Crippen LogP contribution in [0.5, 0.6) is 0 Å². The summed E-state index contributed by atoms with van der Waals surface area (Å²) in [7, 11) is 0. The number of aromatic nitrogens is 1. The summed E-state index contributed by atoms with van der Waals surface area (Å²) < 4.78 is 0. The summed E-state index contributed by atoms with van der Waals surface area (Å²) in [5.41, 5.74) is 2.92. The van der Waals surface area contributed by atoms with Gasteiger partial charge >= 0.3 is 6.03 Å². The van der Waals surface area contributed by atoms with E-state index in [0.29, 0.717) is 13.0 Å². The Morgan fingerprint density at radius 2 is 1.86 bits per heavy atom. The molecular weight excluding hydrogens is 388 g/mol. The fourth-order valence-corrected chi connectivity index (χ4v) is 3.77. The monoisotopic (exact) mass is 410 g/mol. The zero-order valence-electron chi connectivity index (χ0n) is 16.0. The lowest BCUT2D eigenvalue weighted by molar-refractivity contribution is -0.384. The van der Waals surface area contributed by atoms with E-state index in [0.717, 1.165) is 28.2 Å². The highest BCUT2D eigenvalue weighted by Gasteiger charge is 2.19. The van der Waals surface area contributed by atoms with E-state index in [9.17, 15) is 14.9 Å². The van der Waals surface area contributed by atoms with Gasteiger partial charge in [0.25, 0.3) is 5.69 Å². The molecule has 2 aromatic carbocycles. The molecule has 0 bridgehead atoms. The molecule has 0 saturated carbocycles. The molecule has 1 atom stereocenters. The molecule has 1 aromatic heterocycles. The van der Waals surface area contributed by atoms with Gasteiger partial charge in [-0.2, -0.15) is 0 Å². The Labute approximate surface area is 173 Å². The summed E-state index contributed by atoms with van der Waals surface area (Å²) in [4.78, 5) is 27.5. The van der Waals surface area contributed by atoms with Crippen LogP contribution in [0.1, 0.15) is 34.8 Å². The van der Waals surface area contributed by atoms with Crippen molar-refractivity contribution in [3.8, 4) is 0 Å². The van der Waals surface area contributed by atoms with Gasteiger partial charge in [-0.3, -0.25) is 10.1 Å². The molecular formula is C21H22N4O3S. The maximum Gasteiger partial charge on any atom is 0.315 e. The minimum Gasteiger partial charge on any atom is -0.334 e. The number of non-ortho nitro benzene ring substituents is 1. The first kappa shape index (κ1) is 20.5. The minimum absolute atomic E-state index is 0.0429. The Balaban J connectivity index is 1.70. The number of amides is 2. The summed E-state index contributed by atoms with van der Waals surface area (Å²) >= 11 is 1.50. The van der Waals surface area contributed by atoms with E-state index in [-0.39, 0.29) is 17.8 Å². The van der Waals surface area contributed by atoms with E-state index in [4.69, 9.17) is 0 Å². The molecule has 3 rings (SSSR count). The summed E-state index contributed by atoms with van der Waals surface area (Å²) in [6.45, 7) is 2.46. The molecule has 1 heterocycles. The van der Waals surface area contributed by atoms with Gasteiger partial charge in [-0.05, 0) is 24.0 Å². The molecule has 8 heteroatoms. The van der Waals surface area contributed by atoms with Gasteiger partial charge in [-0.15, -0.1) is 11.3 Å². The van der Waals surface area contributed by atoms with Crippen molar-refractivity contribution in [1.29, 1.82) is 0 Å². The molecule has 29 heavy (non-hydrogen) atoms. The fraction of sp³-hybridized carbons (Fsp3) is 0.238. The van der Waals surface area contributed by atoms with Gasteiger partial charge in [-0.25, -0.2) is 9.78 Å². The standard InChI is InChI=1S/C21H22N4O3S/c1-2-17-14-29-20(23-17)19(12-15-8-10-18(11-9-15)25(27)28)24-21(26)22-13-16-6-4-3-5-7-16/h3-11,14,19H,2,12-13H2,1H3,(H2,22,24,26). The lowest BCUT2D eigenvalue weighted by Gasteiger charge is -2.17. The predicted octanol–water partition coefficient (Wildman–Crippen LogP) is 4.40. The number of carbonyl (C=O) groups is 1. The van der Waals surface area contributed by atoms with Crippen molar-refractivity contribution in [3.05, 3.63) is 91.9 Å². The van der Waals surface area contributed by atoms with Gasteiger partial charge in [0.05, 0.1) is 16.7 Å². The van der Waals surface area contributed by atoms with Crippen molar-refractivity contribution >= 4 is 23.1 Å². The number of hydrogen-bond donors (Lipinski definition) is 2. The van der Waals surface area contributed by atoms with Gasteiger partial charge < -0.3 is 10.6 Å². The number of urea groups is 1. The van der Waals surface area contributed by atoms with Crippen molar-refractivity contribution < 1.29 is 9.72 Å². The van der Waals surface area contributed by atoms with Crippen LogP contribution in [0, 0.1) is 10.1 Å². The topological polar surface area (TPSA) is 97.2 Å². The van der Waals surface area contributed by atoms with Crippen LogP contribution < -0.4 is 10.6 Å². The first-order valence-electron chi connectivity index (χ1n) is 9.31. The van der Waals surface area contributed by atoms with E-state index < -0.39 is 4.92 Å². The van der Waals surface area contributed by atoms with E-state index in [1.54, 1.807) is 12.1 Å². The summed E-state index contributed by atoms with van der Waals surface area (Å²) in [6, 6.07) is 15.4. The predicted molar refractivity (Wildman–Crippen MR) is 113 cm³/mol. The number of nitro groups is 1. The third kappa shape index (κ3) is 5.86. The lowest BCUT2D eigenvalue weighted by atomic mass is 10.1. The minimum atomic E-state index is -0.426. The van der Waals surface area contributed by atoms with Crippen LogP contribution in [-0.2, 0) is 19.4 Å². The molecule has 0 saturated heterocycles. The third-order valence-electron chi connectivity index (χ3n) is 4.42. The van der Waals surface area contributed by atoms with Gasteiger partial charge in [0.15, 0.2) is 0 Å². The lowest BCUT2D eigenvalue weighted by Crippen LogP contribution is -2.38. The second kappa shape index (κ2) is 9.79. The number of rotatable bonds is 8. The Morgan fingerprint density at radius 1 is 1.14 bits per heavy atom. The highest BCUT2D eigenvalue weighted by atomic mass is 32.1. The van der Waals surface area contributed by atoms with Gasteiger partial charge in [0.1, 0.15) is 5.01 Å². The molecule has 0 aliphatic rings. The van der Waals surface area contributed by atoms with Gasteiger partial charge in [0.2, 0.25) is 0 Å². The van der Waals surface area contributed by atoms with E-state index in [1.165, 1.54) is 23.5 Å². The quantitative estimate of drug-likeness (QED) is 0.425. The molecule has 0 aliphatic heterocycles. The maximum atomic E-state index is 12.5. The molecule has 2 N–H and O–H groups in total. The van der Waals surface area contributed by atoms with Crippen molar-refractivity contribution in [2.24, 2.45) is 0 Å². The SMILES string of the molecule is CCc1csc(C(Cc2ccc([N+](=O)[O-])cc2)NC(=O)NCc2ccccc2)n1. The highest BCUT2D eigenvalue weighted by molar-refractivity contribution is 7.09. The molecule has 0 spiro atoms. The van der Waals surface area contributed by atoms with Crippen molar-refractivity contribution in [2.45, 2.75) is 32.4 Å². The smallest absolute Gasteiger partial charge is 0.315 e. The maximum absolute atomic E-state index is 12.5. The van der Waals surface area contributed by atoms with Gasteiger partial charge in [0, 0.05) is 24.1 Å². The number of aryl methyl sites for hydroxylation is 1. The molecule has 0 radical (unpaired) electrons. The summed E-state index contributed by atoms with van der Waals surface area (Å²) in [5, 5.41) is 19.5. The first-order valence-corrected chi connectivity index (χ1v) is 10.2. The number of benzene rings is 2. The van der Waals surface area contributed by atoms with Crippen molar-refractivity contribution in [1.82, 2.24) is 15.6 Å². The molecule has 150 valence electrons. The molecule has 0 aliphatic carbocycles. The normalized spacial score (nSPS) is 11.6. The first-order chi connectivity index (χ1) is 14.0. The van der Waals surface area contributed by atoms with Crippen molar-refractivity contribution in [2.75, 3.05) is 0 Å². The Morgan fingerprint density at radius 3 is 2.48 bits per heavy atom. The third-order valence-corrected chi connectivity index (χ3v) is 5.43. The molecule has 1 unspecified atom stereocenters. The van der Waals surface area contributed by atoms with Crippen molar-refractivity contribution in [3.63, 3.8) is 0 Å². The fourth-order valence-electron chi connectivity index (χ4n) is 2.82. The van der Waals surface area contributed by atoms with Crippen LogP contribution in [0.3, 0.4) is 0 Å². The van der Waals surface area contributed by atoms with Crippen LogP contribution in [0.2, 0.25) is 0 Å². The Hall–Kier alpha value is -3.26. The summed E-state index contributed by atoms with van der Waals surface area (Å²) in [5.74, 6) is 0. The number of nitrogens with zero attached hydrogens (tertiary/aromatic N) is 2. The van der Waals surface area contributed by atoms with Crippen LogP contribution in [0.15, 0.2) is 60.0 Å². The van der Waals surface area contributed by atoms with E-state index in [1.807, 2.05) is 42.6 Å². The van der Waals surface area contributed by atoms with Crippen LogP contribution in [0.25, 0.3) is 0 Å². The number of nitro benzene ring substituents is 1. The second-order valence-electron chi connectivity index (χ2n) is 6.52. The zero-order chi connectivity index (χ0) is 20.6. The Bertz CT molecular complexity index is 958. The van der Waals surface area contributed by atoms with E-state index >= 15 is 0 Å². The van der Waals surface area contributed by atoms with Crippen LogP contribution >= 0.6 is 11.3 Å². The zero-order valence-corrected chi connectivity index (χ0v) is 16.8. The second-order valence-corrected chi connectivity index (χ2v) is 7.41. The van der Waals surface area contributed by atoms with Crippen LogP contribution in [0.4, 0.5) is 10.5 Å². The summed E-state index contributed by atoms with van der Waals surface area (Å²) in [6.07, 6.45) is 1.31. The number of thiazole rings is 1. The highest BCUT2D eigenvalue weighted by Crippen LogP contribution is 2.24. The molecule has 0 fully saturated rings. The molecule has 3 aromatic rings. The van der Waals surface area contributed by atoms with Gasteiger partial charge in [-0.1, -0.05) is 49.4 Å². The Kier molecular flexibility index (Phi) is 6.91. The average Bonchev–Trinajstić information content (AvgIpc) is 3.22. The largest absolute Gasteiger partial charge is 0.334 e. The molecule has 7 nitrogen and oxygen atoms in total. The van der Waals surface area contributed by atoms with Crippen LogP contribution in [-0.4, -0.2) is 15.9 Å². The average molecular weight is 410 g/mol. The number of nitrogens with one attached hydrogen (secondary N) is 2. The molecule has 2 amide bonds.